The fourth-order valence-corrected chi connectivity index (χ4v) is 2.34. The van der Waals surface area contributed by atoms with E-state index in [1.807, 2.05) is 0 Å². The average molecular weight is 228 g/mol. The Kier molecular flexibility index (Phi) is 5.73. The first kappa shape index (κ1) is 13.9. The van der Waals surface area contributed by atoms with Crippen molar-refractivity contribution in [2.75, 3.05) is 33.3 Å². The highest BCUT2D eigenvalue weighted by Crippen LogP contribution is 2.18. The van der Waals surface area contributed by atoms with Crippen molar-refractivity contribution in [3.63, 3.8) is 0 Å². The smallest absolute Gasteiger partial charge is 0.0576 e. The van der Waals surface area contributed by atoms with E-state index in [9.17, 15) is 0 Å². The predicted molar refractivity (Wildman–Crippen MR) is 68.5 cm³/mol. The number of rotatable bonds is 7. The molecule has 1 aliphatic heterocycles. The molecular weight excluding hydrogens is 200 g/mol. The third-order valence-corrected chi connectivity index (χ3v) is 3.34. The molecule has 16 heavy (non-hydrogen) atoms. The van der Waals surface area contributed by atoms with E-state index in [2.05, 4.69) is 25.8 Å². The zero-order valence-electron chi connectivity index (χ0n) is 11.2. The van der Waals surface area contributed by atoms with Crippen LogP contribution in [0.25, 0.3) is 0 Å². The molecule has 0 aromatic rings. The molecule has 0 aromatic carbocycles. The van der Waals surface area contributed by atoms with Gasteiger partial charge in [0.2, 0.25) is 0 Å². The van der Waals surface area contributed by atoms with Crippen molar-refractivity contribution in [1.82, 2.24) is 4.90 Å². The topological polar surface area (TPSA) is 38.5 Å². The van der Waals surface area contributed by atoms with Crippen LogP contribution in [0, 0.1) is 5.41 Å². The van der Waals surface area contributed by atoms with Crippen LogP contribution in [0.4, 0.5) is 0 Å². The summed E-state index contributed by atoms with van der Waals surface area (Å²) in [4.78, 5) is 2.39. The van der Waals surface area contributed by atoms with Crippen LogP contribution in [-0.2, 0) is 4.74 Å². The molecule has 0 bridgehead atoms. The van der Waals surface area contributed by atoms with Gasteiger partial charge in [-0.05, 0) is 51.2 Å². The maximum absolute atomic E-state index is 5.74. The average Bonchev–Trinajstić information content (AvgIpc) is 2.70. The normalized spacial score (nSPS) is 21.9. The van der Waals surface area contributed by atoms with Gasteiger partial charge >= 0.3 is 0 Å². The number of hydrogen-bond donors (Lipinski definition) is 1. The quantitative estimate of drug-likeness (QED) is 0.723. The minimum atomic E-state index is 0.235. The summed E-state index contributed by atoms with van der Waals surface area (Å²) in [7, 11) is 2.19. The molecule has 96 valence electrons. The molecule has 0 amide bonds. The van der Waals surface area contributed by atoms with Crippen LogP contribution in [0.15, 0.2) is 0 Å². The van der Waals surface area contributed by atoms with E-state index in [1.54, 1.807) is 0 Å². The molecule has 2 N–H and O–H groups in total. The number of hydrogen-bond acceptors (Lipinski definition) is 3. The summed E-state index contributed by atoms with van der Waals surface area (Å²) < 4.78 is 5.62. The molecule has 0 aliphatic carbocycles. The van der Waals surface area contributed by atoms with Crippen molar-refractivity contribution in [3.05, 3.63) is 0 Å². The van der Waals surface area contributed by atoms with E-state index >= 15 is 0 Å². The Hall–Kier alpha value is -0.120. The van der Waals surface area contributed by atoms with Crippen molar-refractivity contribution >= 4 is 0 Å². The number of ether oxygens (including phenoxy) is 1. The minimum absolute atomic E-state index is 0.235. The fourth-order valence-electron chi connectivity index (χ4n) is 2.34. The van der Waals surface area contributed by atoms with Crippen molar-refractivity contribution in [3.8, 4) is 0 Å². The second-order valence-corrected chi connectivity index (χ2v) is 5.88. The van der Waals surface area contributed by atoms with Gasteiger partial charge in [0.25, 0.3) is 0 Å². The van der Waals surface area contributed by atoms with Gasteiger partial charge in [0.1, 0.15) is 0 Å². The van der Waals surface area contributed by atoms with Gasteiger partial charge in [0.15, 0.2) is 0 Å². The molecule has 0 aromatic heterocycles. The highest BCUT2D eigenvalue weighted by molar-refractivity contribution is 4.73. The Labute approximate surface area is 100 Å². The second-order valence-electron chi connectivity index (χ2n) is 5.88. The summed E-state index contributed by atoms with van der Waals surface area (Å²) in [6.45, 7) is 8.41. The molecule has 0 radical (unpaired) electrons. The molecule has 1 rings (SSSR count). The molecular formula is C13H28N2O. The maximum Gasteiger partial charge on any atom is 0.0576 e. The lowest BCUT2D eigenvalue weighted by Crippen LogP contribution is -2.37. The summed E-state index contributed by atoms with van der Waals surface area (Å²) in [5, 5.41) is 0. The first-order valence-electron chi connectivity index (χ1n) is 6.54. The first-order chi connectivity index (χ1) is 7.53. The molecule has 0 spiro atoms. The Morgan fingerprint density at radius 3 is 2.75 bits per heavy atom. The van der Waals surface area contributed by atoms with Gasteiger partial charge in [-0.3, -0.25) is 0 Å². The molecule has 1 unspecified atom stereocenters. The molecule has 1 fully saturated rings. The Morgan fingerprint density at radius 1 is 1.44 bits per heavy atom. The maximum atomic E-state index is 5.74. The fraction of sp³-hybridized carbons (Fsp3) is 1.00. The molecule has 0 saturated carbocycles. The number of nitrogens with two attached hydrogens (primary N) is 1. The monoisotopic (exact) mass is 228 g/mol. The third-order valence-electron chi connectivity index (χ3n) is 3.34. The summed E-state index contributed by atoms with van der Waals surface area (Å²) >= 11 is 0. The lowest BCUT2D eigenvalue weighted by Gasteiger charge is -2.29. The molecule has 3 heteroatoms. The van der Waals surface area contributed by atoms with Crippen molar-refractivity contribution in [1.29, 1.82) is 0 Å². The van der Waals surface area contributed by atoms with Crippen LogP contribution >= 0.6 is 0 Å². The van der Waals surface area contributed by atoms with Gasteiger partial charge in [-0.2, -0.15) is 0 Å². The molecule has 1 saturated heterocycles. The van der Waals surface area contributed by atoms with Gasteiger partial charge in [-0.1, -0.05) is 13.8 Å². The minimum Gasteiger partial charge on any atom is -0.378 e. The SMILES string of the molecule is CN(CCCC1CCCO1)CC(C)(C)CN. The lowest BCUT2D eigenvalue weighted by atomic mass is 9.93. The summed E-state index contributed by atoms with van der Waals surface area (Å²) in [6.07, 6.45) is 5.50. The highest BCUT2D eigenvalue weighted by Gasteiger charge is 2.19. The van der Waals surface area contributed by atoms with Gasteiger partial charge in [0, 0.05) is 13.2 Å². The standard InChI is InChI=1S/C13H28N2O/c1-13(2,10-14)11-15(3)8-4-6-12-7-5-9-16-12/h12H,4-11,14H2,1-3H3. The first-order valence-corrected chi connectivity index (χ1v) is 6.54. The van der Waals surface area contributed by atoms with Gasteiger partial charge < -0.3 is 15.4 Å². The third kappa shape index (κ3) is 5.28. The van der Waals surface area contributed by atoms with E-state index in [1.165, 1.54) is 25.7 Å². The Morgan fingerprint density at radius 2 is 2.19 bits per heavy atom. The van der Waals surface area contributed by atoms with E-state index in [0.717, 1.165) is 26.2 Å². The molecule has 1 atom stereocenters. The van der Waals surface area contributed by atoms with Crippen molar-refractivity contribution in [2.45, 2.75) is 45.6 Å². The molecule has 3 nitrogen and oxygen atoms in total. The molecule has 1 heterocycles. The predicted octanol–water partition coefficient (Wildman–Crippen LogP) is 1.86. The zero-order chi connectivity index (χ0) is 12.0. The summed E-state index contributed by atoms with van der Waals surface area (Å²) in [6, 6.07) is 0. The lowest BCUT2D eigenvalue weighted by molar-refractivity contribution is 0.0981. The largest absolute Gasteiger partial charge is 0.378 e. The van der Waals surface area contributed by atoms with Crippen LogP contribution in [0.3, 0.4) is 0 Å². The Balaban J connectivity index is 2.07. The summed E-state index contributed by atoms with van der Waals surface area (Å²) in [5.74, 6) is 0. The van der Waals surface area contributed by atoms with Crippen molar-refractivity contribution < 1.29 is 4.74 Å². The van der Waals surface area contributed by atoms with E-state index in [4.69, 9.17) is 10.5 Å². The van der Waals surface area contributed by atoms with Crippen LogP contribution in [0.2, 0.25) is 0 Å². The van der Waals surface area contributed by atoms with Crippen LogP contribution in [0.5, 0.6) is 0 Å². The zero-order valence-corrected chi connectivity index (χ0v) is 11.2. The van der Waals surface area contributed by atoms with Crippen LogP contribution in [-0.4, -0.2) is 44.3 Å². The van der Waals surface area contributed by atoms with Crippen LogP contribution in [0.1, 0.15) is 39.5 Å². The van der Waals surface area contributed by atoms with E-state index in [-0.39, 0.29) is 5.41 Å². The summed E-state index contributed by atoms with van der Waals surface area (Å²) in [5.41, 5.74) is 5.97. The van der Waals surface area contributed by atoms with E-state index < -0.39 is 0 Å². The molecule has 1 aliphatic rings. The van der Waals surface area contributed by atoms with Crippen LogP contribution < -0.4 is 5.73 Å². The van der Waals surface area contributed by atoms with E-state index in [0.29, 0.717) is 6.10 Å². The van der Waals surface area contributed by atoms with Gasteiger partial charge in [-0.25, -0.2) is 0 Å². The van der Waals surface area contributed by atoms with Crippen molar-refractivity contribution in [2.24, 2.45) is 11.1 Å². The second kappa shape index (κ2) is 6.58. The number of nitrogens with zero attached hydrogens (tertiary/aromatic N) is 1. The van der Waals surface area contributed by atoms with Gasteiger partial charge in [0.05, 0.1) is 6.10 Å². The van der Waals surface area contributed by atoms with Gasteiger partial charge in [-0.15, -0.1) is 0 Å². The highest BCUT2D eigenvalue weighted by atomic mass is 16.5. The Bertz CT molecular complexity index is 188.